The van der Waals surface area contributed by atoms with Crippen LogP contribution in [0.1, 0.15) is 25.8 Å². The molecule has 0 spiro atoms. The molecule has 5 heteroatoms. The summed E-state index contributed by atoms with van der Waals surface area (Å²) in [6.07, 6.45) is 2.49. The molecule has 1 heterocycles. The second-order valence-corrected chi connectivity index (χ2v) is 4.98. The first-order chi connectivity index (χ1) is 7.95. The normalized spacial score (nSPS) is 14.2. The van der Waals surface area contributed by atoms with E-state index in [1.165, 1.54) is 0 Å². The number of hydrogen-bond donors (Lipinski definition) is 2. The molecule has 0 radical (unpaired) electrons. The molecule has 17 heavy (non-hydrogen) atoms. The molecule has 2 atom stereocenters. The van der Waals surface area contributed by atoms with E-state index in [4.69, 9.17) is 5.73 Å². The Balaban J connectivity index is 2.71. The first-order valence-corrected chi connectivity index (χ1v) is 6.43. The fourth-order valence-corrected chi connectivity index (χ4v) is 1.58. The van der Waals surface area contributed by atoms with Gasteiger partial charge in [-0.05, 0) is 40.4 Å². The number of rotatable bonds is 4. The number of halogens is 1. The van der Waals surface area contributed by atoms with E-state index in [9.17, 15) is 4.79 Å². The summed E-state index contributed by atoms with van der Waals surface area (Å²) in [6, 6.07) is 1.38. The maximum absolute atomic E-state index is 11.8. The average Bonchev–Trinajstić information content (AvgIpc) is 2.31. The third-order valence-electron chi connectivity index (χ3n) is 2.84. The molecule has 0 aliphatic heterocycles. The van der Waals surface area contributed by atoms with Crippen LogP contribution in [0.4, 0.5) is 5.69 Å². The van der Waals surface area contributed by atoms with Crippen molar-refractivity contribution in [2.24, 2.45) is 11.7 Å². The number of hydrogen-bond acceptors (Lipinski definition) is 3. The summed E-state index contributed by atoms with van der Waals surface area (Å²) in [6.45, 7) is 5.90. The topological polar surface area (TPSA) is 68.0 Å². The van der Waals surface area contributed by atoms with Gasteiger partial charge in [-0.1, -0.05) is 20.3 Å². The molecule has 4 nitrogen and oxygen atoms in total. The molecule has 1 aromatic rings. The van der Waals surface area contributed by atoms with Gasteiger partial charge < -0.3 is 11.1 Å². The van der Waals surface area contributed by atoms with Gasteiger partial charge >= 0.3 is 0 Å². The Morgan fingerprint density at radius 1 is 1.65 bits per heavy atom. The summed E-state index contributed by atoms with van der Waals surface area (Å²) < 4.78 is 0.779. The van der Waals surface area contributed by atoms with Crippen LogP contribution < -0.4 is 11.1 Å². The molecule has 0 aromatic carbocycles. The van der Waals surface area contributed by atoms with Crippen LogP contribution in [0.3, 0.4) is 0 Å². The quantitative estimate of drug-likeness (QED) is 0.839. The molecular formula is C12H18BrN3O. The zero-order valence-electron chi connectivity index (χ0n) is 10.3. The number of amides is 1. The predicted octanol–water partition coefficient (Wildman–Crippen LogP) is 2.46. The Kier molecular flexibility index (Phi) is 5.08. The fourth-order valence-electron chi connectivity index (χ4n) is 1.36. The Hall–Kier alpha value is -0.940. The van der Waals surface area contributed by atoms with E-state index < -0.39 is 6.04 Å². The van der Waals surface area contributed by atoms with Crippen molar-refractivity contribution in [2.45, 2.75) is 33.2 Å². The SMILES string of the molecule is CCC(C)[C@H](N)C(=O)Nc1cnc(Br)c(C)c1. The van der Waals surface area contributed by atoms with Crippen molar-refractivity contribution in [1.82, 2.24) is 4.98 Å². The highest BCUT2D eigenvalue weighted by molar-refractivity contribution is 9.10. The molecule has 0 aliphatic carbocycles. The molecular weight excluding hydrogens is 282 g/mol. The molecule has 0 saturated carbocycles. The van der Waals surface area contributed by atoms with Crippen LogP contribution >= 0.6 is 15.9 Å². The molecule has 0 aliphatic rings. The van der Waals surface area contributed by atoms with E-state index in [2.05, 4.69) is 26.2 Å². The van der Waals surface area contributed by atoms with Gasteiger partial charge in [-0.2, -0.15) is 0 Å². The van der Waals surface area contributed by atoms with Gasteiger partial charge in [-0.15, -0.1) is 0 Å². The van der Waals surface area contributed by atoms with Crippen molar-refractivity contribution in [3.8, 4) is 0 Å². The fraction of sp³-hybridized carbons (Fsp3) is 0.500. The van der Waals surface area contributed by atoms with Crippen LogP contribution in [0.25, 0.3) is 0 Å². The minimum Gasteiger partial charge on any atom is -0.323 e. The molecule has 1 unspecified atom stereocenters. The highest BCUT2D eigenvalue weighted by Gasteiger charge is 2.19. The second kappa shape index (κ2) is 6.12. The second-order valence-electron chi connectivity index (χ2n) is 4.23. The first-order valence-electron chi connectivity index (χ1n) is 5.64. The van der Waals surface area contributed by atoms with E-state index in [1.54, 1.807) is 6.20 Å². The maximum atomic E-state index is 11.8. The summed E-state index contributed by atoms with van der Waals surface area (Å²) in [5.41, 5.74) is 7.49. The van der Waals surface area contributed by atoms with Crippen LogP contribution in [-0.4, -0.2) is 16.9 Å². The summed E-state index contributed by atoms with van der Waals surface area (Å²) in [5.74, 6) is 0.00220. The summed E-state index contributed by atoms with van der Waals surface area (Å²) >= 11 is 3.31. The van der Waals surface area contributed by atoms with Crippen molar-refractivity contribution in [3.63, 3.8) is 0 Å². The molecule has 94 valence electrons. The first kappa shape index (κ1) is 14.1. The number of carbonyl (C=O) groups is 1. The lowest BCUT2D eigenvalue weighted by Crippen LogP contribution is -2.40. The van der Waals surface area contributed by atoms with Crippen LogP contribution in [0.15, 0.2) is 16.9 Å². The summed E-state index contributed by atoms with van der Waals surface area (Å²) in [7, 11) is 0. The van der Waals surface area contributed by atoms with E-state index >= 15 is 0 Å². The number of aryl methyl sites for hydroxylation is 1. The number of carbonyl (C=O) groups excluding carboxylic acids is 1. The van der Waals surface area contributed by atoms with Crippen molar-refractivity contribution < 1.29 is 4.79 Å². The molecule has 3 N–H and O–H groups in total. The van der Waals surface area contributed by atoms with E-state index in [-0.39, 0.29) is 11.8 Å². The predicted molar refractivity (Wildman–Crippen MR) is 72.7 cm³/mol. The molecule has 1 rings (SSSR count). The van der Waals surface area contributed by atoms with Crippen LogP contribution in [0.2, 0.25) is 0 Å². The molecule has 0 bridgehead atoms. The van der Waals surface area contributed by atoms with Gasteiger partial charge in [0.2, 0.25) is 5.91 Å². The average molecular weight is 300 g/mol. The van der Waals surface area contributed by atoms with Crippen LogP contribution in [0, 0.1) is 12.8 Å². The van der Waals surface area contributed by atoms with Crippen molar-refractivity contribution in [1.29, 1.82) is 0 Å². The van der Waals surface area contributed by atoms with Gasteiger partial charge in [0.1, 0.15) is 4.60 Å². The molecule has 1 aromatic heterocycles. The standard InChI is InChI=1S/C12H18BrN3O/c1-4-7(2)10(14)12(17)16-9-5-8(3)11(13)15-6-9/h5-7,10H,4,14H2,1-3H3,(H,16,17)/t7?,10-/m0/s1. The monoisotopic (exact) mass is 299 g/mol. The number of pyridine rings is 1. The highest BCUT2D eigenvalue weighted by Crippen LogP contribution is 2.17. The highest BCUT2D eigenvalue weighted by atomic mass is 79.9. The zero-order chi connectivity index (χ0) is 13.0. The zero-order valence-corrected chi connectivity index (χ0v) is 11.9. The Morgan fingerprint density at radius 3 is 2.82 bits per heavy atom. The Bertz CT molecular complexity index is 409. The third kappa shape index (κ3) is 3.78. The van der Waals surface area contributed by atoms with Gasteiger partial charge in [-0.25, -0.2) is 4.98 Å². The van der Waals surface area contributed by atoms with E-state index in [1.807, 2.05) is 26.8 Å². The van der Waals surface area contributed by atoms with Crippen LogP contribution in [0.5, 0.6) is 0 Å². The number of anilines is 1. The van der Waals surface area contributed by atoms with Crippen LogP contribution in [-0.2, 0) is 4.79 Å². The lowest BCUT2D eigenvalue weighted by Gasteiger charge is -2.17. The minimum absolute atomic E-state index is 0.164. The molecule has 1 amide bonds. The van der Waals surface area contributed by atoms with Gasteiger partial charge in [0.15, 0.2) is 0 Å². The Labute approximate surface area is 110 Å². The van der Waals surface area contributed by atoms with Gasteiger partial charge in [0.25, 0.3) is 0 Å². The smallest absolute Gasteiger partial charge is 0.241 e. The maximum Gasteiger partial charge on any atom is 0.241 e. The molecule has 0 fully saturated rings. The minimum atomic E-state index is -0.482. The Morgan fingerprint density at radius 2 is 2.29 bits per heavy atom. The number of nitrogens with one attached hydrogen (secondary N) is 1. The van der Waals surface area contributed by atoms with E-state index in [0.717, 1.165) is 16.6 Å². The van der Waals surface area contributed by atoms with E-state index in [0.29, 0.717) is 5.69 Å². The lowest BCUT2D eigenvalue weighted by atomic mass is 9.99. The summed E-state index contributed by atoms with van der Waals surface area (Å²) in [5, 5.41) is 2.78. The lowest BCUT2D eigenvalue weighted by molar-refractivity contribution is -0.118. The molecule has 0 saturated heterocycles. The number of nitrogens with zero attached hydrogens (tertiary/aromatic N) is 1. The van der Waals surface area contributed by atoms with Gasteiger partial charge in [-0.3, -0.25) is 4.79 Å². The largest absolute Gasteiger partial charge is 0.323 e. The summed E-state index contributed by atoms with van der Waals surface area (Å²) in [4.78, 5) is 16.0. The van der Waals surface area contributed by atoms with Gasteiger partial charge in [0.05, 0.1) is 17.9 Å². The number of aromatic nitrogens is 1. The third-order valence-corrected chi connectivity index (χ3v) is 3.67. The van der Waals surface area contributed by atoms with Gasteiger partial charge in [0, 0.05) is 0 Å². The van der Waals surface area contributed by atoms with Crippen molar-refractivity contribution in [2.75, 3.05) is 5.32 Å². The van der Waals surface area contributed by atoms with Crippen molar-refractivity contribution in [3.05, 3.63) is 22.4 Å². The van der Waals surface area contributed by atoms with Crippen molar-refractivity contribution >= 4 is 27.5 Å². The number of nitrogens with two attached hydrogens (primary N) is 1.